The highest BCUT2D eigenvalue weighted by Crippen LogP contribution is 2.36. The van der Waals surface area contributed by atoms with Crippen LogP contribution in [-0.4, -0.2) is 42.1 Å². The highest BCUT2D eigenvalue weighted by Gasteiger charge is 2.39. The van der Waals surface area contributed by atoms with Gasteiger partial charge in [-0.1, -0.05) is 18.2 Å². The first-order valence-electron chi connectivity index (χ1n) is 11.3. The van der Waals surface area contributed by atoms with Crippen molar-refractivity contribution in [3.05, 3.63) is 54.4 Å². The van der Waals surface area contributed by atoms with E-state index in [-0.39, 0.29) is 24.2 Å². The van der Waals surface area contributed by atoms with E-state index in [0.29, 0.717) is 16.8 Å². The van der Waals surface area contributed by atoms with E-state index in [2.05, 4.69) is 25.7 Å². The number of methoxy groups -OCH3 is 1. The summed E-state index contributed by atoms with van der Waals surface area (Å²) < 4.78 is 51.6. The minimum atomic E-state index is -4.55. The van der Waals surface area contributed by atoms with E-state index in [1.54, 1.807) is 51.1 Å². The smallest absolute Gasteiger partial charge is 0.411 e. The van der Waals surface area contributed by atoms with Gasteiger partial charge >= 0.3 is 18.4 Å². The number of halogens is 3. The summed E-state index contributed by atoms with van der Waals surface area (Å²) in [5.74, 6) is 0. The molecule has 36 heavy (non-hydrogen) atoms. The van der Waals surface area contributed by atoms with Crippen LogP contribution in [0.25, 0.3) is 11.1 Å². The van der Waals surface area contributed by atoms with Crippen molar-refractivity contribution in [3.8, 4) is 11.1 Å². The predicted molar refractivity (Wildman–Crippen MR) is 130 cm³/mol. The lowest BCUT2D eigenvalue weighted by Crippen LogP contribution is -2.36. The summed E-state index contributed by atoms with van der Waals surface area (Å²) >= 11 is 0. The van der Waals surface area contributed by atoms with Crippen molar-refractivity contribution in [2.75, 3.05) is 17.7 Å². The van der Waals surface area contributed by atoms with E-state index in [9.17, 15) is 22.8 Å². The number of alkyl halides is 3. The van der Waals surface area contributed by atoms with Crippen LogP contribution in [0.1, 0.15) is 45.3 Å². The van der Waals surface area contributed by atoms with Gasteiger partial charge < -0.3 is 20.1 Å². The van der Waals surface area contributed by atoms with Crippen LogP contribution in [0.15, 0.2) is 48.7 Å². The minimum absolute atomic E-state index is 0.161. The van der Waals surface area contributed by atoms with Gasteiger partial charge in [0.2, 0.25) is 0 Å². The van der Waals surface area contributed by atoms with Gasteiger partial charge in [-0.2, -0.15) is 13.2 Å². The average Bonchev–Trinajstić information content (AvgIpc) is 2.77. The lowest BCUT2D eigenvalue weighted by atomic mass is 9.98. The van der Waals surface area contributed by atoms with Crippen LogP contribution < -0.4 is 16.0 Å². The van der Waals surface area contributed by atoms with E-state index < -0.39 is 36.0 Å². The molecule has 11 heteroatoms. The Morgan fingerprint density at radius 2 is 1.78 bits per heavy atom. The number of alkyl carbamates (subject to hydrolysis) is 1. The summed E-state index contributed by atoms with van der Waals surface area (Å²) in [6, 6.07) is 5.41. The maximum absolute atomic E-state index is 13.9. The van der Waals surface area contributed by atoms with E-state index in [1.807, 2.05) is 0 Å². The topological polar surface area (TPSA) is 102 Å². The van der Waals surface area contributed by atoms with Crippen molar-refractivity contribution in [2.24, 2.45) is 0 Å². The molecule has 194 valence electrons. The van der Waals surface area contributed by atoms with E-state index in [1.165, 1.54) is 25.4 Å². The fourth-order valence-electron chi connectivity index (χ4n) is 3.60. The number of ether oxygens (including phenoxy) is 2. The molecule has 1 aromatic carbocycles. The Morgan fingerprint density at radius 1 is 1.06 bits per heavy atom. The molecular formula is C25H29F3N4O4. The second kappa shape index (κ2) is 10.9. The predicted octanol–water partition coefficient (Wildman–Crippen LogP) is 6.19. The van der Waals surface area contributed by atoms with Gasteiger partial charge in [-0.15, -0.1) is 0 Å². The largest absolute Gasteiger partial charge is 0.453 e. The van der Waals surface area contributed by atoms with Crippen LogP contribution in [0.2, 0.25) is 0 Å². The number of carbonyl (C=O) groups excluding carboxylic acids is 2. The Balaban J connectivity index is 2.07. The molecule has 2 atom stereocenters. The van der Waals surface area contributed by atoms with Crippen LogP contribution >= 0.6 is 0 Å². The number of rotatable bonds is 2. The van der Waals surface area contributed by atoms with Crippen LogP contribution in [0, 0.1) is 0 Å². The Kier molecular flexibility index (Phi) is 8.11. The number of anilines is 2. The van der Waals surface area contributed by atoms with Gasteiger partial charge in [0, 0.05) is 23.1 Å². The van der Waals surface area contributed by atoms with Gasteiger partial charge in [0.15, 0.2) is 0 Å². The zero-order valence-corrected chi connectivity index (χ0v) is 20.4. The first-order chi connectivity index (χ1) is 16.9. The normalized spacial score (nSPS) is 18.9. The van der Waals surface area contributed by atoms with E-state index >= 15 is 0 Å². The lowest BCUT2D eigenvalue weighted by Gasteiger charge is -2.25. The zero-order valence-electron chi connectivity index (χ0n) is 20.4. The van der Waals surface area contributed by atoms with Gasteiger partial charge in [0.05, 0.1) is 18.8 Å². The number of pyridine rings is 1. The second-order valence-corrected chi connectivity index (χ2v) is 9.23. The van der Waals surface area contributed by atoms with Crippen molar-refractivity contribution in [1.29, 1.82) is 0 Å². The number of hydrogen-bond donors (Lipinski definition) is 3. The van der Waals surface area contributed by atoms with Gasteiger partial charge in [0.1, 0.15) is 11.6 Å². The molecule has 2 heterocycles. The van der Waals surface area contributed by atoms with Gasteiger partial charge in [-0.05, 0) is 63.4 Å². The van der Waals surface area contributed by atoms with Crippen molar-refractivity contribution in [1.82, 2.24) is 10.3 Å². The highest BCUT2D eigenvalue weighted by atomic mass is 19.4. The molecule has 2 amide bonds. The van der Waals surface area contributed by atoms with Crippen LogP contribution in [0.3, 0.4) is 0 Å². The number of fused-ring (bicyclic) bond motifs is 4. The fraction of sp³-hybridized carbons (Fsp3) is 0.400. The number of aromatic nitrogens is 1. The third-order valence-corrected chi connectivity index (χ3v) is 5.23. The molecule has 1 aromatic heterocycles. The quantitative estimate of drug-likeness (QED) is 0.420. The van der Waals surface area contributed by atoms with Gasteiger partial charge in [-0.3, -0.25) is 10.3 Å². The van der Waals surface area contributed by atoms with Crippen LogP contribution in [-0.2, 0) is 9.47 Å². The van der Waals surface area contributed by atoms with Crippen molar-refractivity contribution < 1.29 is 32.2 Å². The molecule has 2 aromatic rings. The molecule has 0 aliphatic carbocycles. The molecule has 3 rings (SSSR count). The average molecular weight is 507 g/mol. The number of hydrogen-bond acceptors (Lipinski definition) is 6. The molecular weight excluding hydrogens is 477 g/mol. The SMILES string of the molecule is COC(=O)Nc1ccc2c(c1)N[C@H](C(F)(F)F)C/C=C/CC(NC(=O)OC(C)(C)C)c1cc-2ccn1. The molecule has 0 spiro atoms. The van der Waals surface area contributed by atoms with E-state index in [4.69, 9.17) is 4.74 Å². The molecule has 1 aliphatic heterocycles. The molecule has 1 unspecified atom stereocenters. The van der Waals surface area contributed by atoms with Crippen LogP contribution in [0.4, 0.5) is 34.1 Å². The number of nitrogens with zero attached hydrogens (tertiary/aromatic N) is 1. The third kappa shape index (κ3) is 7.37. The molecule has 1 aliphatic rings. The summed E-state index contributed by atoms with van der Waals surface area (Å²) in [6.45, 7) is 5.20. The highest BCUT2D eigenvalue weighted by molar-refractivity contribution is 5.88. The lowest BCUT2D eigenvalue weighted by molar-refractivity contribution is -0.141. The third-order valence-electron chi connectivity index (χ3n) is 5.23. The number of benzene rings is 1. The minimum Gasteiger partial charge on any atom is -0.453 e. The first kappa shape index (κ1) is 26.8. The Bertz CT molecular complexity index is 1130. The van der Waals surface area contributed by atoms with Gasteiger partial charge in [-0.25, -0.2) is 9.59 Å². The maximum Gasteiger partial charge on any atom is 0.411 e. The summed E-state index contributed by atoms with van der Waals surface area (Å²) in [4.78, 5) is 28.5. The Morgan fingerprint density at radius 3 is 2.44 bits per heavy atom. The Labute approximate surface area is 207 Å². The summed E-state index contributed by atoms with van der Waals surface area (Å²) in [5, 5.41) is 7.82. The fourth-order valence-corrected chi connectivity index (χ4v) is 3.60. The monoisotopic (exact) mass is 506 g/mol. The maximum atomic E-state index is 13.9. The number of carbonyl (C=O) groups is 2. The molecule has 8 nitrogen and oxygen atoms in total. The zero-order chi connectivity index (χ0) is 26.5. The van der Waals surface area contributed by atoms with Crippen molar-refractivity contribution >= 4 is 23.6 Å². The molecule has 0 saturated heterocycles. The molecule has 2 bridgehead atoms. The summed E-state index contributed by atoms with van der Waals surface area (Å²) in [7, 11) is 1.19. The molecule has 0 saturated carbocycles. The second-order valence-electron chi connectivity index (χ2n) is 9.23. The molecule has 0 fully saturated rings. The van der Waals surface area contributed by atoms with E-state index in [0.717, 1.165) is 0 Å². The summed E-state index contributed by atoms with van der Waals surface area (Å²) in [6.07, 6.45) is -1.57. The van der Waals surface area contributed by atoms with Gasteiger partial charge in [0.25, 0.3) is 0 Å². The van der Waals surface area contributed by atoms with Crippen LogP contribution in [0.5, 0.6) is 0 Å². The van der Waals surface area contributed by atoms with Crippen molar-refractivity contribution in [2.45, 2.75) is 57.5 Å². The molecule has 3 N–H and O–H groups in total. The Hall–Kier alpha value is -3.76. The first-order valence-corrected chi connectivity index (χ1v) is 11.3. The summed E-state index contributed by atoms with van der Waals surface area (Å²) in [5.41, 5.74) is 1.25. The standard InChI is InChI=1S/C25H29F3N4O4/c1-24(2,3)36-23(34)32-18-7-5-6-8-21(25(26,27)28)31-19-14-16(30-22(33)35-4)9-10-17(19)15-11-12-29-20(18)13-15/h5-6,9-14,18,21,31H,7-8H2,1-4H3,(H,30,33)(H,32,34)/b6-5+/t18?,21-/m0/s1. The van der Waals surface area contributed by atoms with Crippen molar-refractivity contribution in [3.63, 3.8) is 0 Å². The number of nitrogens with one attached hydrogen (secondary N) is 3. The molecule has 0 radical (unpaired) electrons. The number of amides is 2.